The van der Waals surface area contributed by atoms with E-state index in [1.54, 1.807) is 7.11 Å². The maximum absolute atomic E-state index is 11.8. The summed E-state index contributed by atoms with van der Waals surface area (Å²) in [6, 6.07) is 7.52. The van der Waals surface area contributed by atoms with Crippen molar-refractivity contribution in [2.75, 3.05) is 13.7 Å². The Labute approximate surface area is 115 Å². The molecule has 0 spiro atoms. The van der Waals surface area contributed by atoms with Gasteiger partial charge in [0.05, 0.1) is 18.8 Å². The molecule has 0 saturated heterocycles. The third-order valence-corrected chi connectivity index (χ3v) is 2.62. The minimum Gasteiger partial charge on any atom is -0.496 e. The lowest BCUT2D eigenvalue weighted by atomic mass is 10.1. The van der Waals surface area contributed by atoms with Crippen molar-refractivity contribution in [1.29, 1.82) is 0 Å². The van der Waals surface area contributed by atoms with Gasteiger partial charge in [-0.1, -0.05) is 18.2 Å². The summed E-state index contributed by atoms with van der Waals surface area (Å²) in [5, 5.41) is 2.90. The Bertz CT molecular complexity index is 424. The van der Waals surface area contributed by atoms with Gasteiger partial charge >= 0.3 is 0 Å². The Balaban J connectivity index is 2.59. The molecule has 1 atom stereocenters. The van der Waals surface area contributed by atoms with Gasteiger partial charge in [-0.2, -0.15) is 0 Å². The van der Waals surface area contributed by atoms with Crippen LogP contribution in [0.3, 0.4) is 0 Å². The van der Waals surface area contributed by atoms with Gasteiger partial charge in [0.25, 0.3) is 0 Å². The average molecular weight is 265 g/mol. The number of carbonyl (C=O) groups is 1. The number of para-hydroxylation sites is 1. The predicted octanol–water partition coefficient (Wildman–Crippen LogP) is 2.69. The molecule has 4 nitrogen and oxygen atoms in total. The molecule has 0 aliphatic rings. The SMILES string of the molecule is COc1ccccc1[C@H](C)NC(=O)COC(C)(C)C. The van der Waals surface area contributed by atoms with Gasteiger partial charge in [-0.05, 0) is 33.8 Å². The van der Waals surface area contributed by atoms with E-state index in [2.05, 4.69) is 5.32 Å². The Hall–Kier alpha value is -1.55. The second-order valence-corrected chi connectivity index (χ2v) is 5.43. The van der Waals surface area contributed by atoms with Crippen molar-refractivity contribution < 1.29 is 14.3 Å². The van der Waals surface area contributed by atoms with Crippen LogP contribution in [0.15, 0.2) is 24.3 Å². The van der Waals surface area contributed by atoms with Crippen LogP contribution in [0.25, 0.3) is 0 Å². The van der Waals surface area contributed by atoms with Gasteiger partial charge < -0.3 is 14.8 Å². The van der Waals surface area contributed by atoms with Crippen LogP contribution in [-0.2, 0) is 9.53 Å². The minimum absolute atomic E-state index is 0.0585. The number of benzene rings is 1. The van der Waals surface area contributed by atoms with Gasteiger partial charge in [-0.25, -0.2) is 0 Å². The van der Waals surface area contributed by atoms with Crippen LogP contribution in [0.5, 0.6) is 5.75 Å². The summed E-state index contributed by atoms with van der Waals surface area (Å²) in [4.78, 5) is 11.8. The van der Waals surface area contributed by atoms with Gasteiger partial charge in [0.15, 0.2) is 0 Å². The van der Waals surface area contributed by atoms with Crippen LogP contribution in [-0.4, -0.2) is 25.2 Å². The maximum atomic E-state index is 11.8. The van der Waals surface area contributed by atoms with Crippen LogP contribution < -0.4 is 10.1 Å². The first-order chi connectivity index (χ1) is 8.83. The predicted molar refractivity (Wildman–Crippen MR) is 75.3 cm³/mol. The first kappa shape index (κ1) is 15.5. The molecule has 0 unspecified atom stereocenters. The van der Waals surface area contributed by atoms with Crippen LogP contribution in [0.4, 0.5) is 0 Å². The summed E-state index contributed by atoms with van der Waals surface area (Å²) in [7, 11) is 1.62. The second kappa shape index (κ2) is 6.57. The molecule has 4 heteroatoms. The van der Waals surface area contributed by atoms with Crippen LogP contribution in [0.2, 0.25) is 0 Å². The van der Waals surface area contributed by atoms with E-state index in [-0.39, 0.29) is 24.2 Å². The van der Waals surface area contributed by atoms with Crippen molar-refractivity contribution in [3.63, 3.8) is 0 Å². The van der Waals surface area contributed by atoms with Crippen molar-refractivity contribution in [3.8, 4) is 5.75 Å². The fraction of sp³-hybridized carbons (Fsp3) is 0.533. The zero-order valence-electron chi connectivity index (χ0n) is 12.3. The first-order valence-corrected chi connectivity index (χ1v) is 6.39. The van der Waals surface area contributed by atoms with Crippen molar-refractivity contribution in [2.24, 2.45) is 0 Å². The quantitative estimate of drug-likeness (QED) is 0.890. The van der Waals surface area contributed by atoms with E-state index < -0.39 is 0 Å². The second-order valence-electron chi connectivity index (χ2n) is 5.43. The smallest absolute Gasteiger partial charge is 0.246 e. The summed E-state index contributed by atoms with van der Waals surface area (Å²) >= 11 is 0. The molecule has 1 N–H and O–H groups in total. The zero-order chi connectivity index (χ0) is 14.5. The molecule has 0 saturated carbocycles. The van der Waals surface area contributed by atoms with E-state index >= 15 is 0 Å². The number of hydrogen-bond acceptors (Lipinski definition) is 3. The summed E-state index contributed by atoms with van der Waals surface area (Å²) in [5.74, 6) is 0.639. The highest BCUT2D eigenvalue weighted by atomic mass is 16.5. The number of carbonyl (C=O) groups excluding carboxylic acids is 1. The van der Waals surface area contributed by atoms with E-state index in [1.807, 2.05) is 52.0 Å². The largest absolute Gasteiger partial charge is 0.496 e. The first-order valence-electron chi connectivity index (χ1n) is 6.39. The van der Waals surface area contributed by atoms with E-state index in [9.17, 15) is 4.79 Å². The fourth-order valence-corrected chi connectivity index (χ4v) is 1.67. The lowest BCUT2D eigenvalue weighted by molar-refractivity contribution is -0.131. The van der Waals surface area contributed by atoms with Crippen molar-refractivity contribution in [1.82, 2.24) is 5.32 Å². The molecular formula is C15H23NO3. The number of nitrogens with one attached hydrogen (secondary N) is 1. The molecule has 1 rings (SSSR count). The number of methoxy groups -OCH3 is 1. The van der Waals surface area contributed by atoms with Gasteiger partial charge in [-0.15, -0.1) is 0 Å². The lowest BCUT2D eigenvalue weighted by Crippen LogP contribution is -2.33. The molecular weight excluding hydrogens is 242 g/mol. The molecule has 0 bridgehead atoms. The molecule has 0 heterocycles. The molecule has 19 heavy (non-hydrogen) atoms. The molecule has 0 aliphatic carbocycles. The number of rotatable bonds is 5. The van der Waals surface area contributed by atoms with Crippen LogP contribution in [0.1, 0.15) is 39.3 Å². The molecule has 1 aromatic rings. The van der Waals surface area contributed by atoms with E-state index in [4.69, 9.17) is 9.47 Å². The topological polar surface area (TPSA) is 47.6 Å². The minimum atomic E-state index is -0.314. The monoisotopic (exact) mass is 265 g/mol. The Morgan fingerprint density at radius 3 is 2.53 bits per heavy atom. The molecule has 0 fully saturated rings. The summed E-state index contributed by atoms with van der Waals surface area (Å²) in [6.45, 7) is 7.74. The summed E-state index contributed by atoms with van der Waals surface area (Å²) in [6.07, 6.45) is 0. The third kappa shape index (κ3) is 5.30. The van der Waals surface area contributed by atoms with Crippen molar-refractivity contribution in [2.45, 2.75) is 39.3 Å². The fourth-order valence-electron chi connectivity index (χ4n) is 1.67. The normalized spacial score (nSPS) is 12.9. The highest BCUT2D eigenvalue weighted by Crippen LogP contribution is 2.24. The molecule has 0 radical (unpaired) electrons. The Morgan fingerprint density at radius 2 is 1.95 bits per heavy atom. The number of hydrogen-bond donors (Lipinski definition) is 1. The van der Waals surface area contributed by atoms with Crippen LogP contribution >= 0.6 is 0 Å². The van der Waals surface area contributed by atoms with Crippen LogP contribution in [0, 0.1) is 0 Å². The lowest BCUT2D eigenvalue weighted by Gasteiger charge is -2.21. The molecule has 1 amide bonds. The standard InChI is InChI=1S/C15H23NO3/c1-11(12-8-6-7-9-13(12)18-5)16-14(17)10-19-15(2,3)4/h6-9,11H,10H2,1-5H3,(H,16,17)/t11-/m0/s1. The summed E-state index contributed by atoms with van der Waals surface area (Å²) in [5.41, 5.74) is 0.638. The average Bonchev–Trinajstić information content (AvgIpc) is 2.35. The molecule has 1 aromatic carbocycles. The van der Waals surface area contributed by atoms with E-state index in [0.717, 1.165) is 11.3 Å². The Kier molecular flexibility index (Phi) is 5.36. The highest BCUT2D eigenvalue weighted by Gasteiger charge is 2.16. The molecule has 106 valence electrons. The summed E-state index contributed by atoms with van der Waals surface area (Å²) < 4.78 is 10.7. The third-order valence-electron chi connectivity index (χ3n) is 2.62. The van der Waals surface area contributed by atoms with Gasteiger partial charge in [0.1, 0.15) is 12.4 Å². The van der Waals surface area contributed by atoms with Crippen molar-refractivity contribution in [3.05, 3.63) is 29.8 Å². The molecule has 0 aromatic heterocycles. The van der Waals surface area contributed by atoms with Crippen molar-refractivity contribution >= 4 is 5.91 Å². The zero-order valence-corrected chi connectivity index (χ0v) is 12.3. The number of ether oxygens (including phenoxy) is 2. The van der Waals surface area contributed by atoms with E-state index in [0.29, 0.717) is 0 Å². The van der Waals surface area contributed by atoms with E-state index in [1.165, 1.54) is 0 Å². The maximum Gasteiger partial charge on any atom is 0.246 e. The number of amides is 1. The highest BCUT2D eigenvalue weighted by molar-refractivity contribution is 5.77. The molecule has 0 aliphatic heterocycles. The van der Waals surface area contributed by atoms with Gasteiger partial charge in [0, 0.05) is 5.56 Å². The van der Waals surface area contributed by atoms with Gasteiger partial charge in [0.2, 0.25) is 5.91 Å². The van der Waals surface area contributed by atoms with Gasteiger partial charge in [-0.3, -0.25) is 4.79 Å². The Morgan fingerprint density at radius 1 is 1.32 bits per heavy atom.